The zero-order valence-corrected chi connectivity index (χ0v) is 19.4. The van der Waals surface area contributed by atoms with E-state index in [4.69, 9.17) is 4.74 Å². The van der Waals surface area contributed by atoms with Crippen molar-refractivity contribution in [2.45, 2.75) is 32.2 Å². The fourth-order valence-electron chi connectivity index (χ4n) is 4.44. The maximum atomic E-state index is 13.6. The number of esters is 1. The van der Waals surface area contributed by atoms with Crippen LogP contribution < -0.4 is 5.56 Å². The van der Waals surface area contributed by atoms with Gasteiger partial charge >= 0.3 is 11.9 Å². The minimum atomic E-state index is -1.08. The van der Waals surface area contributed by atoms with Gasteiger partial charge < -0.3 is 24.5 Å². The van der Waals surface area contributed by atoms with E-state index in [1.54, 1.807) is 23.6 Å². The average Bonchev–Trinajstić information content (AvgIpc) is 3.26. The topological polar surface area (TPSA) is 122 Å². The Bertz CT molecular complexity index is 1450. The van der Waals surface area contributed by atoms with Gasteiger partial charge in [-0.25, -0.2) is 4.79 Å². The minimum Gasteiger partial charge on any atom is -0.507 e. The second-order valence-corrected chi connectivity index (χ2v) is 8.41. The molecule has 35 heavy (non-hydrogen) atoms. The number of fused-ring (bicyclic) bond motifs is 1. The third-order valence-electron chi connectivity index (χ3n) is 6.31. The summed E-state index contributed by atoms with van der Waals surface area (Å²) in [5, 5.41) is 21.1. The summed E-state index contributed by atoms with van der Waals surface area (Å²) in [5.41, 5.74) is 2.95. The molecule has 0 fully saturated rings. The third-order valence-corrected chi connectivity index (χ3v) is 6.31. The maximum Gasteiger partial charge on any atom is 0.335 e. The predicted octanol–water partition coefficient (Wildman–Crippen LogP) is 3.98. The lowest BCUT2D eigenvalue weighted by atomic mass is 9.88. The van der Waals surface area contributed by atoms with Crippen LogP contribution in [0, 0.1) is 6.92 Å². The molecule has 4 aromatic rings. The highest BCUT2D eigenvalue weighted by atomic mass is 16.5. The number of aromatic amines is 1. The Balaban J connectivity index is 1.74. The molecule has 0 radical (unpaired) electrons. The number of hydrogen-bond acceptors (Lipinski definition) is 5. The summed E-state index contributed by atoms with van der Waals surface area (Å²) in [6, 6.07) is 15.3. The van der Waals surface area contributed by atoms with Crippen molar-refractivity contribution in [2.24, 2.45) is 0 Å². The van der Waals surface area contributed by atoms with E-state index in [9.17, 15) is 24.6 Å². The fourth-order valence-corrected chi connectivity index (χ4v) is 4.44. The fraction of sp³-hybridized carbons (Fsp3) is 0.222. The Kier molecular flexibility index (Phi) is 6.73. The molecule has 0 unspecified atom stereocenters. The van der Waals surface area contributed by atoms with Crippen LogP contribution in [0.2, 0.25) is 0 Å². The van der Waals surface area contributed by atoms with Crippen LogP contribution in [-0.4, -0.2) is 38.8 Å². The van der Waals surface area contributed by atoms with E-state index in [-0.39, 0.29) is 23.3 Å². The Hall–Kier alpha value is -4.33. The summed E-state index contributed by atoms with van der Waals surface area (Å²) in [4.78, 5) is 40.3. The second kappa shape index (κ2) is 9.89. The number of hydrogen-bond donors (Lipinski definition) is 3. The highest BCUT2D eigenvalue weighted by Crippen LogP contribution is 2.33. The van der Waals surface area contributed by atoms with E-state index in [0.717, 1.165) is 16.5 Å². The average molecular weight is 475 g/mol. The summed E-state index contributed by atoms with van der Waals surface area (Å²) in [6.07, 6.45) is 2.33. The Morgan fingerprint density at radius 3 is 2.51 bits per heavy atom. The normalized spacial score (nSPS) is 11.9. The van der Waals surface area contributed by atoms with Gasteiger partial charge in [-0.3, -0.25) is 9.59 Å². The molecule has 0 aliphatic heterocycles. The van der Waals surface area contributed by atoms with Crippen molar-refractivity contribution < 1.29 is 24.5 Å². The third kappa shape index (κ3) is 4.82. The van der Waals surface area contributed by atoms with Gasteiger partial charge in [-0.1, -0.05) is 30.3 Å². The monoisotopic (exact) mass is 474 g/mol. The molecule has 2 aromatic carbocycles. The van der Waals surface area contributed by atoms with Crippen molar-refractivity contribution in [1.29, 1.82) is 0 Å². The molecule has 8 heteroatoms. The van der Waals surface area contributed by atoms with Gasteiger partial charge in [0.05, 0.1) is 24.7 Å². The van der Waals surface area contributed by atoms with Crippen molar-refractivity contribution in [3.05, 3.63) is 99.1 Å². The number of rotatable bonds is 8. The van der Waals surface area contributed by atoms with Crippen LogP contribution >= 0.6 is 0 Å². The molecule has 2 heterocycles. The number of carbonyl (C=O) groups excluding carboxylic acids is 1. The number of ether oxygens (including phenoxy) is 1. The summed E-state index contributed by atoms with van der Waals surface area (Å²) in [6.45, 7) is 2.12. The first-order chi connectivity index (χ1) is 16.8. The van der Waals surface area contributed by atoms with Gasteiger partial charge in [0.15, 0.2) is 0 Å². The molecule has 0 spiro atoms. The highest BCUT2D eigenvalue weighted by molar-refractivity contribution is 5.87. The molecule has 0 amide bonds. The summed E-state index contributed by atoms with van der Waals surface area (Å²) in [7, 11) is 1.25. The molecule has 8 nitrogen and oxygen atoms in total. The molecule has 4 rings (SSSR count). The number of para-hydroxylation sites is 1. The molecule has 2 aromatic heterocycles. The van der Waals surface area contributed by atoms with Crippen LogP contribution in [0.4, 0.5) is 0 Å². The Morgan fingerprint density at radius 2 is 1.83 bits per heavy atom. The van der Waals surface area contributed by atoms with E-state index in [0.29, 0.717) is 24.2 Å². The summed E-state index contributed by atoms with van der Waals surface area (Å²) >= 11 is 0. The highest BCUT2D eigenvalue weighted by Gasteiger charge is 2.27. The molecule has 0 bridgehead atoms. The smallest absolute Gasteiger partial charge is 0.335 e. The van der Waals surface area contributed by atoms with Crippen LogP contribution in [0.1, 0.15) is 45.1 Å². The molecule has 0 aliphatic rings. The SMILES string of the molecule is COC(=O)C[C@H](c1ccc(C(=O)O)cc1)c1c(O)cc(C)n(CCc2c[nH]c3ccccc23)c1=O. The van der Waals surface area contributed by atoms with Crippen LogP contribution in [0.15, 0.2) is 65.6 Å². The van der Waals surface area contributed by atoms with Crippen molar-refractivity contribution >= 4 is 22.8 Å². The lowest BCUT2D eigenvalue weighted by molar-refractivity contribution is -0.140. The number of aromatic hydroxyl groups is 1. The van der Waals surface area contributed by atoms with Crippen LogP contribution in [0.5, 0.6) is 5.75 Å². The van der Waals surface area contributed by atoms with Crippen LogP contribution in [0.3, 0.4) is 0 Å². The summed E-state index contributed by atoms with van der Waals surface area (Å²) in [5.74, 6) is -2.66. The molecule has 0 saturated carbocycles. The number of aryl methyl sites for hydroxylation is 2. The molecule has 180 valence electrons. The number of nitrogens with zero attached hydrogens (tertiary/aromatic N) is 1. The van der Waals surface area contributed by atoms with Gasteiger partial charge in [-0.15, -0.1) is 0 Å². The lowest BCUT2D eigenvalue weighted by Crippen LogP contribution is -2.29. The second-order valence-electron chi connectivity index (χ2n) is 8.41. The van der Waals surface area contributed by atoms with Gasteiger partial charge in [0.1, 0.15) is 5.75 Å². The number of carboxylic acids is 1. The lowest BCUT2D eigenvalue weighted by Gasteiger charge is -2.20. The molecular weight excluding hydrogens is 448 g/mol. The summed E-state index contributed by atoms with van der Waals surface area (Å²) < 4.78 is 6.42. The van der Waals surface area contributed by atoms with Crippen LogP contribution in [0.25, 0.3) is 10.9 Å². The quantitative estimate of drug-likeness (QED) is 0.332. The molecule has 0 saturated heterocycles. The van der Waals surface area contributed by atoms with Crippen molar-refractivity contribution in [2.75, 3.05) is 7.11 Å². The van der Waals surface area contributed by atoms with E-state index in [1.807, 2.05) is 30.5 Å². The number of aromatic carboxylic acids is 1. The number of methoxy groups -OCH3 is 1. The van der Waals surface area contributed by atoms with E-state index in [1.165, 1.54) is 25.3 Å². The van der Waals surface area contributed by atoms with Gasteiger partial charge in [0.25, 0.3) is 5.56 Å². The molecule has 1 atom stereocenters. The van der Waals surface area contributed by atoms with Crippen molar-refractivity contribution in [3.63, 3.8) is 0 Å². The first kappa shape index (κ1) is 23.8. The van der Waals surface area contributed by atoms with Crippen molar-refractivity contribution in [3.8, 4) is 5.75 Å². The Labute approximate surface area is 201 Å². The number of benzene rings is 2. The van der Waals surface area contributed by atoms with Gasteiger partial charge in [-0.2, -0.15) is 0 Å². The first-order valence-electron chi connectivity index (χ1n) is 11.2. The van der Waals surface area contributed by atoms with E-state index in [2.05, 4.69) is 4.98 Å². The number of nitrogens with one attached hydrogen (secondary N) is 1. The van der Waals surface area contributed by atoms with Crippen molar-refractivity contribution in [1.82, 2.24) is 9.55 Å². The Morgan fingerprint density at radius 1 is 1.11 bits per heavy atom. The zero-order chi connectivity index (χ0) is 25.1. The molecular formula is C27H26N2O6. The first-order valence-corrected chi connectivity index (χ1v) is 11.2. The van der Waals surface area contributed by atoms with Gasteiger partial charge in [0, 0.05) is 35.3 Å². The standard InChI is InChI=1S/C27H26N2O6/c1-16-13-23(30)25(21(14-24(31)35-2)17-7-9-18(10-8-17)27(33)34)26(32)29(16)12-11-19-15-28-22-6-4-3-5-20(19)22/h3-10,13,15,21,28,30H,11-12,14H2,1-2H3,(H,33,34)/t21-/m1/s1. The van der Waals surface area contributed by atoms with E-state index < -0.39 is 23.4 Å². The largest absolute Gasteiger partial charge is 0.507 e. The number of carbonyl (C=O) groups is 2. The number of aromatic nitrogens is 2. The van der Waals surface area contributed by atoms with Gasteiger partial charge in [-0.05, 0) is 48.7 Å². The van der Waals surface area contributed by atoms with Crippen LogP contribution in [-0.2, 0) is 22.5 Å². The molecule has 3 N–H and O–H groups in total. The zero-order valence-electron chi connectivity index (χ0n) is 19.4. The minimum absolute atomic E-state index is 0.0722. The van der Waals surface area contributed by atoms with E-state index >= 15 is 0 Å². The van der Waals surface area contributed by atoms with Gasteiger partial charge in [0.2, 0.25) is 0 Å². The number of pyridine rings is 1. The number of H-pyrrole nitrogens is 1. The predicted molar refractivity (Wildman–Crippen MR) is 131 cm³/mol. The maximum absolute atomic E-state index is 13.6. The number of carboxylic acid groups (broad SMARTS) is 1. The molecule has 0 aliphatic carbocycles.